The van der Waals surface area contributed by atoms with Gasteiger partial charge in [-0.1, -0.05) is 35.5 Å². The Hall–Kier alpha value is -3.43. The molecule has 0 spiro atoms. The van der Waals surface area contributed by atoms with Crippen molar-refractivity contribution in [1.29, 1.82) is 0 Å². The zero-order chi connectivity index (χ0) is 20.3. The Kier molecular flexibility index (Phi) is 5.30. The first-order valence-corrected chi connectivity index (χ1v) is 8.19. The predicted octanol–water partition coefficient (Wildman–Crippen LogP) is 2.93. The number of alkyl halides is 3. The summed E-state index contributed by atoms with van der Waals surface area (Å²) >= 11 is 0. The molecule has 3 aromatic rings. The molecule has 146 valence electrons. The van der Waals surface area contributed by atoms with Crippen molar-refractivity contribution in [3.8, 4) is 5.69 Å². The number of para-hydroxylation sites is 1. The van der Waals surface area contributed by atoms with E-state index < -0.39 is 17.4 Å². The molecule has 0 aliphatic carbocycles. The molecule has 0 saturated heterocycles. The van der Waals surface area contributed by atoms with E-state index in [-0.39, 0.29) is 6.61 Å². The Balaban J connectivity index is 1.79. The lowest BCUT2D eigenvalue weighted by Crippen LogP contribution is -2.22. The van der Waals surface area contributed by atoms with Crippen molar-refractivity contribution in [1.82, 2.24) is 19.8 Å². The standard InChI is InChI=1S/C18H16F3N5O2/c1-12(13-7-5-8-15(10-13)18(19,20)21)22-28-11-14-6-3-4-9-16(14)26-17(27)25(2)23-24-26/h3-10H,11H2,1-2H3/b22-12-. The summed E-state index contributed by atoms with van der Waals surface area (Å²) in [6.45, 7) is 1.55. The van der Waals surface area contributed by atoms with Gasteiger partial charge in [-0.2, -0.15) is 22.5 Å². The first kappa shape index (κ1) is 19.3. The molecular formula is C18H16F3N5O2. The third kappa shape index (κ3) is 4.11. The Morgan fingerprint density at radius 2 is 1.89 bits per heavy atom. The summed E-state index contributed by atoms with van der Waals surface area (Å²) in [4.78, 5) is 17.3. The van der Waals surface area contributed by atoms with Crippen molar-refractivity contribution in [2.75, 3.05) is 0 Å². The fraction of sp³-hybridized carbons (Fsp3) is 0.222. The Morgan fingerprint density at radius 1 is 1.14 bits per heavy atom. The molecular weight excluding hydrogens is 375 g/mol. The lowest BCUT2D eigenvalue weighted by Gasteiger charge is -2.09. The summed E-state index contributed by atoms with van der Waals surface area (Å²) in [5.74, 6) is 0. The van der Waals surface area contributed by atoms with Gasteiger partial charge in [0, 0.05) is 12.6 Å². The van der Waals surface area contributed by atoms with E-state index in [0.717, 1.165) is 21.5 Å². The number of nitrogens with zero attached hydrogens (tertiary/aromatic N) is 5. The highest BCUT2D eigenvalue weighted by molar-refractivity contribution is 5.98. The lowest BCUT2D eigenvalue weighted by molar-refractivity contribution is -0.137. The fourth-order valence-electron chi connectivity index (χ4n) is 2.48. The number of hydrogen-bond donors (Lipinski definition) is 0. The van der Waals surface area contributed by atoms with E-state index >= 15 is 0 Å². The van der Waals surface area contributed by atoms with Crippen LogP contribution in [0.2, 0.25) is 0 Å². The van der Waals surface area contributed by atoms with E-state index in [1.165, 1.54) is 19.2 Å². The maximum absolute atomic E-state index is 12.8. The SMILES string of the molecule is C/C(=N/OCc1ccccc1-n1nnn(C)c1=O)c1cccc(C(F)(F)F)c1. The number of benzene rings is 2. The van der Waals surface area contributed by atoms with E-state index in [9.17, 15) is 18.0 Å². The van der Waals surface area contributed by atoms with Crippen LogP contribution in [0.3, 0.4) is 0 Å². The van der Waals surface area contributed by atoms with Crippen molar-refractivity contribution in [3.63, 3.8) is 0 Å². The second-order valence-corrected chi connectivity index (χ2v) is 5.95. The van der Waals surface area contributed by atoms with Crippen LogP contribution >= 0.6 is 0 Å². The van der Waals surface area contributed by atoms with Crippen molar-refractivity contribution in [3.05, 3.63) is 75.7 Å². The first-order chi connectivity index (χ1) is 13.3. The highest BCUT2D eigenvalue weighted by atomic mass is 19.4. The molecule has 0 amide bonds. The Labute approximate surface area is 157 Å². The number of rotatable bonds is 5. The van der Waals surface area contributed by atoms with Gasteiger partial charge in [0.25, 0.3) is 0 Å². The minimum atomic E-state index is -4.43. The van der Waals surface area contributed by atoms with E-state index in [2.05, 4.69) is 15.6 Å². The van der Waals surface area contributed by atoms with Crippen LogP contribution in [0, 0.1) is 0 Å². The maximum atomic E-state index is 12.8. The van der Waals surface area contributed by atoms with Gasteiger partial charge in [0.1, 0.15) is 6.61 Å². The van der Waals surface area contributed by atoms with Gasteiger partial charge in [-0.25, -0.2) is 4.79 Å². The average Bonchev–Trinajstić information content (AvgIpc) is 3.00. The van der Waals surface area contributed by atoms with E-state index in [4.69, 9.17) is 4.84 Å². The van der Waals surface area contributed by atoms with Gasteiger partial charge in [-0.3, -0.25) is 0 Å². The molecule has 1 aromatic heterocycles. The van der Waals surface area contributed by atoms with Gasteiger partial charge in [0.15, 0.2) is 0 Å². The van der Waals surface area contributed by atoms with E-state index in [1.54, 1.807) is 31.2 Å². The predicted molar refractivity (Wildman–Crippen MR) is 95.0 cm³/mol. The van der Waals surface area contributed by atoms with Crippen LogP contribution < -0.4 is 5.69 Å². The topological polar surface area (TPSA) is 74.3 Å². The summed E-state index contributed by atoms with van der Waals surface area (Å²) in [6.07, 6.45) is -4.43. The Morgan fingerprint density at radius 3 is 2.57 bits per heavy atom. The monoisotopic (exact) mass is 391 g/mol. The number of halogens is 3. The summed E-state index contributed by atoms with van der Waals surface area (Å²) in [5.41, 5.74) is 0.509. The van der Waals surface area contributed by atoms with Crippen LogP contribution in [0.5, 0.6) is 0 Å². The molecule has 10 heteroatoms. The summed E-state index contributed by atoms with van der Waals surface area (Å²) in [6, 6.07) is 11.7. The molecule has 0 saturated carbocycles. The Bertz CT molecular complexity index is 1070. The number of oxime groups is 1. The zero-order valence-corrected chi connectivity index (χ0v) is 15.0. The van der Waals surface area contributed by atoms with Crippen LogP contribution in [-0.4, -0.2) is 25.5 Å². The van der Waals surface area contributed by atoms with Gasteiger partial charge < -0.3 is 4.84 Å². The first-order valence-electron chi connectivity index (χ1n) is 8.19. The molecule has 3 rings (SSSR count). The molecule has 0 bridgehead atoms. The lowest BCUT2D eigenvalue weighted by atomic mass is 10.1. The minimum absolute atomic E-state index is 0.00448. The molecule has 0 fully saturated rings. The molecule has 0 aliphatic heterocycles. The number of aromatic nitrogens is 4. The molecule has 0 aliphatic rings. The molecule has 0 radical (unpaired) electrons. The van der Waals surface area contributed by atoms with Crippen LogP contribution in [0.25, 0.3) is 5.69 Å². The fourth-order valence-corrected chi connectivity index (χ4v) is 2.48. The smallest absolute Gasteiger partial charge is 0.391 e. The summed E-state index contributed by atoms with van der Waals surface area (Å²) < 4.78 is 40.7. The van der Waals surface area contributed by atoms with Gasteiger partial charge in [-0.15, -0.1) is 0 Å². The molecule has 2 aromatic carbocycles. The normalized spacial score (nSPS) is 12.2. The van der Waals surface area contributed by atoms with Crippen molar-refractivity contribution >= 4 is 5.71 Å². The van der Waals surface area contributed by atoms with Gasteiger partial charge in [0.05, 0.1) is 17.0 Å². The second kappa shape index (κ2) is 7.67. The summed E-state index contributed by atoms with van der Waals surface area (Å²) in [7, 11) is 1.48. The molecule has 0 unspecified atom stereocenters. The molecule has 0 atom stereocenters. The van der Waals surface area contributed by atoms with Crippen LogP contribution in [0.4, 0.5) is 13.2 Å². The number of aryl methyl sites for hydroxylation is 1. The van der Waals surface area contributed by atoms with E-state index in [0.29, 0.717) is 22.5 Å². The summed E-state index contributed by atoms with van der Waals surface area (Å²) in [5, 5.41) is 11.4. The average molecular weight is 391 g/mol. The molecule has 1 heterocycles. The number of tetrazole rings is 1. The molecule has 0 N–H and O–H groups in total. The minimum Gasteiger partial charge on any atom is -0.391 e. The highest BCUT2D eigenvalue weighted by Gasteiger charge is 2.30. The highest BCUT2D eigenvalue weighted by Crippen LogP contribution is 2.29. The van der Waals surface area contributed by atoms with Gasteiger partial charge in [0.2, 0.25) is 0 Å². The van der Waals surface area contributed by atoms with Crippen LogP contribution in [0.15, 0.2) is 58.5 Å². The van der Waals surface area contributed by atoms with Crippen molar-refractivity contribution in [2.45, 2.75) is 19.7 Å². The van der Waals surface area contributed by atoms with Crippen LogP contribution in [0.1, 0.15) is 23.6 Å². The van der Waals surface area contributed by atoms with Gasteiger partial charge in [-0.05, 0) is 41.1 Å². The quantitative estimate of drug-likeness (QED) is 0.495. The van der Waals surface area contributed by atoms with Crippen molar-refractivity contribution in [2.24, 2.45) is 12.2 Å². The largest absolute Gasteiger partial charge is 0.416 e. The van der Waals surface area contributed by atoms with Gasteiger partial charge >= 0.3 is 11.9 Å². The molecule has 28 heavy (non-hydrogen) atoms. The molecule has 7 nitrogen and oxygen atoms in total. The van der Waals surface area contributed by atoms with Crippen LogP contribution in [-0.2, 0) is 24.7 Å². The number of hydrogen-bond acceptors (Lipinski definition) is 5. The second-order valence-electron chi connectivity index (χ2n) is 5.95. The van der Waals surface area contributed by atoms with Crippen molar-refractivity contribution < 1.29 is 18.0 Å². The third-order valence-electron chi connectivity index (χ3n) is 3.97. The maximum Gasteiger partial charge on any atom is 0.416 e. The third-order valence-corrected chi connectivity index (χ3v) is 3.97. The van der Waals surface area contributed by atoms with E-state index in [1.807, 2.05) is 0 Å². The zero-order valence-electron chi connectivity index (χ0n) is 15.0.